The van der Waals surface area contributed by atoms with E-state index in [-0.39, 0.29) is 1.43 Å². The lowest BCUT2D eigenvalue weighted by molar-refractivity contribution is 0.404. The average molecular weight is 226 g/mol. The fourth-order valence-electron chi connectivity index (χ4n) is 1.93. The lowest BCUT2D eigenvalue weighted by Crippen LogP contribution is -2.02. The van der Waals surface area contributed by atoms with Crippen LogP contribution in [0, 0.1) is 17.8 Å². The van der Waals surface area contributed by atoms with Crippen molar-refractivity contribution in [2.45, 2.75) is 71.5 Å². The van der Waals surface area contributed by atoms with E-state index in [9.17, 15) is 0 Å². The Bertz CT molecular complexity index is 135. The molecule has 0 aromatic carbocycles. The monoisotopic (exact) mass is 226 g/mol. The zero-order valence-electron chi connectivity index (χ0n) is 11.3. The summed E-state index contributed by atoms with van der Waals surface area (Å²) in [6.07, 6.45) is 8.57. The molecule has 0 N–H and O–H groups in total. The van der Waals surface area contributed by atoms with Crippen molar-refractivity contribution in [1.29, 1.82) is 0 Å². The minimum absolute atomic E-state index is 0. The Morgan fingerprint density at radius 2 is 1.33 bits per heavy atom. The van der Waals surface area contributed by atoms with Crippen LogP contribution >= 0.6 is 0 Å². The molecule has 0 aromatic heterocycles. The van der Waals surface area contributed by atoms with Crippen molar-refractivity contribution >= 4 is 16.3 Å². The van der Waals surface area contributed by atoms with E-state index in [2.05, 4.69) is 44.0 Å². The fourth-order valence-corrected chi connectivity index (χ4v) is 2.41. The minimum atomic E-state index is 0. The van der Waals surface area contributed by atoms with E-state index < -0.39 is 0 Å². The lowest BCUT2D eigenvalue weighted by Gasteiger charge is -2.16. The maximum Gasteiger partial charge on any atom is 0.118 e. The normalized spacial score (nSPS) is 13.7. The molecule has 0 aliphatic carbocycles. The molecule has 0 rings (SSSR count). The highest BCUT2D eigenvalue weighted by molar-refractivity contribution is 6.08. The van der Waals surface area contributed by atoms with Gasteiger partial charge in [-0.1, -0.05) is 72.1 Å². The summed E-state index contributed by atoms with van der Waals surface area (Å²) in [5, 5.41) is 1.30. The predicted octanol–water partition coefficient (Wildman–Crippen LogP) is 5.09. The Hall–Kier alpha value is 0.532. The van der Waals surface area contributed by atoms with Crippen molar-refractivity contribution in [3.8, 4) is 0 Å². The van der Waals surface area contributed by atoms with Crippen LogP contribution in [-0.2, 0) is 0 Å². The highest BCUT2D eigenvalue weighted by atomic mass is 27.0. The second kappa shape index (κ2) is 9.74. The molecule has 0 aliphatic heterocycles. The van der Waals surface area contributed by atoms with Crippen LogP contribution in [0.1, 0.15) is 67.6 Å². The van der Waals surface area contributed by atoms with Crippen LogP contribution < -0.4 is 0 Å². The Balaban J connectivity index is 0. The lowest BCUT2D eigenvalue weighted by atomic mass is 9.93. The van der Waals surface area contributed by atoms with Gasteiger partial charge in [-0.05, 0) is 11.8 Å². The molecular formula is C14H31Al. The van der Waals surface area contributed by atoms with E-state index in [1.165, 1.54) is 43.8 Å². The molecule has 0 aromatic rings. The van der Waals surface area contributed by atoms with Crippen molar-refractivity contribution < 1.29 is 1.43 Å². The molecule has 1 heteroatoms. The molecule has 0 bridgehead atoms. The summed E-state index contributed by atoms with van der Waals surface area (Å²) >= 11 is 2.93. The molecular weight excluding hydrogens is 195 g/mol. The molecule has 1 unspecified atom stereocenters. The van der Waals surface area contributed by atoms with Gasteiger partial charge < -0.3 is 0 Å². The molecule has 15 heavy (non-hydrogen) atoms. The fraction of sp³-hybridized carbons (Fsp3) is 1.00. The largest absolute Gasteiger partial charge is 0.118 e. The molecule has 0 saturated heterocycles. The molecule has 0 fully saturated rings. The first-order valence-corrected chi connectivity index (χ1v) is 7.58. The quantitative estimate of drug-likeness (QED) is 0.379. The highest BCUT2D eigenvalue weighted by Crippen LogP contribution is 2.21. The van der Waals surface area contributed by atoms with Crippen molar-refractivity contribution in [3.63, 3.8) is 0 Å². The first-order valence-electron chi connectivity index (χ1n) is 6.76. The van der Waals surface area contributed by atoms with E-state index >= 15 is 0 Å². The van der Waals surface area contributed by atoms with E-state index in [0.717, 1.165) is 17.8 Å². The Morgan fingerprint density at radius 3 is 1.80 bits per heavy atom. The second-order valence-corrected chi connectivity index (χ2v) is 6.22. The molecule has 90 valence electrons. The van der Waals surface area contributed by atoms with Gasteiger partial charge in [-0.2, -0.15) is 0 Å². The Labute approximate surface area is 107 Å². The van der Waals surface area contributed by atoms with Crippen LogP contribution in [-0.4, -0.2) is 16.3 Å². The van der Waals surface area contributed by atoms with Crippen LogP contribution in [0.2, 0.25) is 5.28 Å². The van der Waals surface area contributed by atoms with Gasteiger partial charge in [0.25, 0.3) is 0 Å². The van der Waals surface area contributed by atoms with Gasteiger partial charge in [0.15, 0.2) is 0 Å². The van der Waals surface area contributed by atoms with Crippen LogP contribution in [0.5, 0.6) is 0 Å². The van der Waals surface area contributed by atoms with Gasteiger partial charge in [0, 0.05) is 1.43 Å². The molecule has 0 amide bonds. The zero-order valence-corrected chi connectivity index (χ0v) is 12.4. The van der Waals surface area contributed by atoms with Gasteiger partial charge in [-0.3, -0.25) is 0 Å². The molecule has 0 aliphatic rings. The Morgan fingerprint density at radius 1 is 0.800 bits per heavy atom. The molecule has 0 saturated carbocycles. The van der Waals surface area contributed by atoms with Gasteiger partial charge in [-0.25, -0.2) is 0 Å². The summed E-state index contributed by atoms with van der Waals surface area (Å²) in [4.78, 5) is 0. The van der Waals surface area contributed by atoms with Crippen molar-refractivity contribution in [1.82, 2.24) is 0 Å². The van der Waals surface area contributed by atoms with Crippen molar-refractivity contribution in [2.75, 3.05) is 0 Å². The SMILES string of the molecule is CC(C)CCCCC([CH2][Al])CCC(C)C.[HH]. The summed E-state index contributed by atoms with van der Waals surface area (Å²) < 4.78 is 0. The summed E-state index contributed by atoms with van der Waals surface area (Å²) in [6, 6.07) is 0. The number of hydrogen-bond donors (Lipinski definition) is 0. The first-order chi connectivity index (χ1) is 7.06. The van der Waals surface area contributed by atoms with Crippen molar-refractivity contribution in [3.05, 3.63) is 0 Å². The van der Waals surface area contributed by atoms with Crippen LogP contribution in [0.3, 0.4) is 0 Å². The first kappa shape index (κ1) is 15.5. The third kappa shape index (κ3) is 10.8. The van der Waals surface area contributed by atoms with Gasteiger partial charge in [0.1, 0.15) is 16.3 Å². The highest BCUT2D eigenvalue weighted by Gasteiger charge is 2.06. The van der Waals surface area contributed by atoms with Gasteiger partial charge in [0.2, 0.25) is 0 Å². The zero-order chi connectivity index (χ0) is 11.7. The van der Waals surface area contributed by atoms with E-state index in [4.69, 9.17) is 0 Å². The standard InChI is InChI=1S/C14H29.Al.H2/c1-12(2)8-6-7-9-14(5)11-10-13(3)4;;/h12-14H,5-11H2,1-4H3;;1H. The maximum atomic E-state index is 2.93. The summed E-state index contributed by atoms with van der Waals surface area (Å²) in [6.45, 7) is 9.31. The number of hydrogen-bond acceptors (Lipinski definition) is 0. The minimum Gasteiger partial charge on any atom is -0.115 e. The second-order valence-electron chi connectivity index (χ2n) is 5.75. The maximum absolute atomic E-state index is 2.93. The van der Waals surface area contributed by atoms with E-state index in [1.807, 2.05) is 0 Å². The Kier molecular flexibility index (Phi) is 10.1. The summed E-state index contributed by atoms with van der Waals surface area (Å²) in [7, 11) is 0. The van der Waals surface area contributed by atoms with Crippen molar-refractivity contribution in [2.24, 2.45) is 17.8 Å². The molecule has 1 atom stereocenters. The summed E-state index contributed by atoms with van der Waals surface area (Å²) in [5.74, 6) is 2.72. The van der Waals surface area contributed by atoms with Crippen LogP contribution in [0.15, 0.2) is 0 Å². The molecule has 0 spiro atoms. The van der Waals surface area contributed by atoms with Gasteiger partial charge >= 0.3 is 0 Å². The predicted molar refractivity (Wildman–Crippen MR) is 73.5 cm³/mol. The van der Waals surface area contributed by atoms with Gasteiger partial charge in [0.05, 0.1) is 0 Å². The van der Waals surface area contributed by atoms with E-state index in [1.54, 1.807) is 0 Å². The van der Waals surface area contributed by atoms with E-state index in [0.29, 0.717) is 0 Å². The smallest absolute Gasteiger partial charge is 0.115 e. The molecule has 2 radical (unpaired) electrons. The van der Waals surface area contributed by atoms with Gasteiger partial charge in [-0.15, -0.1) is 5.28 Å². The average Bonchev–Trinajstić information content (AvgIpc) is 2.16. The number of unbranched alkanes of at least 4 members (excludes halogenated alkanes) is 1. The topological polar surface area (TPSA) is 0 Å². The third-order valence-electron chi connectivity index (χ3n) is 3.13. The summed E-state index contributed by atoms with van der Waals surface area (Å²) in [5.41, 5.74) is 0. The molecule has 0 heterocycles. The van der Waals surface area contributed by atoms with Crippen LogP contribution in [0.4, 0.5) is 0 Å². The molecule has 0 nitrogen and oxygen atoms in total. The van der Waals surface area contributed by atoms with Crippen LogP contribution in [0.25, 0.3) is 0 Å². The third-order valence-corrected chi connectivity index (χ3v) is 3.80. The number of rotatable bonds is 9.